The van der Waals surface area contributed by atoms with Gasteiger partial charge in [0.05, 0.1) is 5.69 Å². The molecule has 4 rings (SSSR count). The summed E-state index contributed by atoms with van der Waals surface area (Å²) in [5.74, 6) is 1.21. The normalized spacial score (nSPS) is 16.7. The first-order valence-electron chi connectivity index (χ1n) is 7.83. The molecule has 1 saturated heterocycles. The highest BCUT2D eigenvalue weighted by Crippen LogP contribution is 2.24. The highest BCUT2D eigenvalue weighted by Gasteiger charge is 2.19. The number of likely N-dealkylation sites (tertiary alicyclic amines) is 1. The van der Waals surface area contributed by atoms with Crippen LogP contribution in [-0.2, 0) is 6.54 Å². The zero-order valence-electron chi connectivity index (χ0n) is 12.5. The summed E-state index contributed by atoms with van der Waals surface area (Å²) in [7, 11) is 0. The molecular weight excluding hydrogens is 270 g/mol. The lowest BCUT2D eigenvalue weighted by atomic mass is 10.1. The predicted octanol–water partition coefficient (Wildman–Crippen LogP) is 4.49. The fourth-order valence-corrected chi connectivity index (χ4v) is 3.13. The molecule has 0 saturated carbocycles. The van der Waals surface area contributed by atoms with Crippen LogP contribution in [0.1, 0.15) is 18.4 Å². The Labute approximate surface area is 130 Å². The first kappa shape index (κ1) is 13.1. The van der Waals surface area contributed by atoms with Crippen LogP contribution in [0.3, 0.4) is 0 Å². The van der Waals surface area contributed by atoms with Crippen molar-refractivity contribution >= 4 is 22.4 Å². The van der Waals surface area contributed by atoms with Crippen molar-refractivity contribution in [1.82, 2.24) is 9.88 Å². The Morgan fingerprint density at radius 2 is 1.82 bits per heavy atom. The van der Waals surface area contributed by atoms with Crippen LogP contribution >= 0.6 is 0 Å². The monoisotopic (exact) mass is 289 g/mol. The van der Waals surface area contributed by atoms with Gasteiger partial charge in [0.2, 0.25) is 0 Å². The number of aliphatic imine (C=N–C) groups is 1. The smallest absolute Gasteiger partial charge is 0.105 e. The quantitative estimate of drug-likeness (QED) is 0.756. The van der Waals surface area contributed by atoms with Gasteiger partial charge in [0.25, 0.3) is 0 Å². The second-order valence-electron chi connectivity index (χ2n) is 5.75. The molecule has 2 aromatic carbocycles. The van der Waals surface area contributed by atoms with Gasteiger partial charge >= 0.3 is 0 Å². The Morgan fingerprint density at radius 3 is 2.73 bits per heavy atom. The number of fused-ring (bicyclic) bond motifs is 1. The van der Waals surface area contributed by atoms with Crippen molar-refractivity contribution in [1.29, 1.82) is 0 Å². The molecule has 110 valence electrons. The summed E-state index contributed by atoms with van der Waals surface area (Å²) >= 11 is 0. The summed E-state index contributed by atoms with van der Waals surface area (Å²) in [4.78, 5) is 10.6. The molecule has 0 unspecified atom stereocenters. The minimum atomic E-state index is 0.926. The van der Waals surface area contributed by atoms with E-state index in [0.29, 0.717) is 0 Å². The number of hydrogen-bond donors (Lipinski definition) is 1. The molecule has 1 N–H and O–H groups in total. The topological polar surface area (TPSA) is 31.4 Å². The maximum absolute atomic E-state index is 4.83. The third-order valence-corrected chi connectivity index (χ3v) is 4.24. The maximum atomic E-state index is 4.83. The number of H-pyrrole nitrogens is 1. The van der Waals surface area contributed by atoms with E-state index in [1.807, 2.05) is 18.2 Å². The van der Waals surface area contributed by atoms with E-state index in [0.717, 1.165) is 25.2 Å². The number of benzene rings is 2. The Hall–Kier alpha value is -2.55. The highest BCUT2D eigenvalue weighted by molar-refractivity contribution is 5.88. The van der Waals surface area contributed by atoms with Gasteiger partial charge in [0.15, 0.2) is 0 Å². The van der Waals surface area contributed by atoms with Gasteiger partial charge in [-0.1, -0.05) is 36.4 Å². The van der Waals surface area contributed by atoms with Crippen LogP contribution in [0.15, 0.2) is 65.8 Å². The van der Waals surface area contributed by atoms with Gasteiger partial charge in [-0.15, -0.1) is 0 Å². The molecule has 3 heteroatoms. The number of amidine groups is 1. The summed E-state index contributed by atoms with van der Waals surface area (Å²) < 4.78 is 0. The van der Waals surface area contributed by atoms with Crippen LogP contribution in [0.2, 0.25) is 0 Å². The third kappa shape index (κ3) is 2.50. The van der Waals surface area contributed by atoms with Crippen LogP contribution in [0.4, 0.5) is 5.69 Å². The molecule has 3 nitrogen and oxygen atoms in total. The molecule has 0 amide bonds. The lowest BCUT2D eigenvalue weighted by molar-refractivity contribution is 0.450. The van der Waals surface area contributed by atoms with Gasteiger partial charge in [0.1, 0.15) is 5.84 Å². The van der Waals surface area contributed by atoms with Crippen LogP contribution in [-0.4, -0.2) is 22.3 Å². The number of aromatic amines is 1. The van der Waals surface area contributed by atoms with Crippen molar-refractivity contribution in [3.63, 3.8) is 0 Å². The lowest BCUT2D eigenvalue weighted by Crippen LogP contribution is -2.23. The molecule has 1 fully saturated rings. The number of nitrogens with zero attached hydrogens (tertiary/aromatic N) is 2. The fraction of sp³-hybridized carbons (Fsp3) is 0.211. The lowest BCUT2D eigenvalue weighted by Gasteiger charge is -2.18. The van der Waals surface area contributed by atoms with Crippen LogP contribution in [0.25, 0.3) is 10.9 Å². The second-order valence-corrected chi connectivity index (χ2v) is 5.75. The van der Waals surface area contributed by atoms with Crippen molar-refractivity contribution in [3.8, 4) is 0 Å². The summed E-state index contributed by atoms with van der Waals surface area (Å²) in [5, 5.41) is 1.31. The average Bonchev–Trinajstić information content (AvgIpc) is 3.17. The van der Waals surface area contributed by atoms with E-state index in [2.05, 4.69) is 52.5 Å². The minimum Gasteiger partial charge on any atom is -0.361 e. The number of hydrogen-bond acceptors (Lipinski definition) is 1. The number of aromatic nitrogens is 1. The van der Waals surface area contributed by atoms with Crippen molar-refractivity contribution in [3.05, 3.63) is 66.4 Å². The van der Waals surface area contributed by atoms with Crippen LogP contribution in [0, 0.1) is 0 Å². The van der Waals surface area contributed by atoms with E-state index in [1.165, 1.54) is 28.7 Å². The van der Waals surface area contributed by atoms with Gasteiger partial charge in [0, 0.05) is 36.6 Å². The molecule has 0 bridgehead atoms. The molecule has 0 atom stereocenters. The zero-order valence-corrected chi connectivity index (χ0v) is 12.5. The predicted molar refractivity (Wildman–Crippen MR) is 91.5 cm³/mol. The fourth-order valence-electron chi connectivity index (χ4n) is 3.13. The Morgan fingerprint density at radius 1 is 1.00 bits per heavy atom. The minimum absolute atomic E-state index is 0.926. The summed E-state index contributed by atoms with van der Waals surface area (Å²) in [6, 6.07) is 18.7. The first-order valence-corrected chi connectivity index (χ1v) is 7.83. The van der Waals surface area contributed by atoms with Crippen LogP contribution in [0.5, 0.6) is 0 Å². The van der Waals surface area contributed by atoms with Gasteiger partial charge < -0.3 is 9.88 Å². The van der Waals surface area contributed by atoms with Gasteiger partial charge in [-0.3, -0.25) is 0 Å². The summed E-state index contributed by atoms with van der Waals surface area (Å²) in [6.45, 7) is 2.01. The maximum Gasteiger partial charge on any atom is 0.105 e. The first-order chi connectivity index (χ1) is 10.9. The van der Waals surface area contributed by atoms with Crippen molar-refractivity contribution in [2.24, 2.45) is 4.99 Å². The van der Waals surface area contributed by atoms with E-state index in [9.17, 15) is 0 Å². The Kier molecular flexibility index (Phi) is 3.39. The van der Waals surface area contributed by atoms with Crippen molar-refractivity contribution in [2.75, 3.05) is 6.54 Å². The van der Waals surface area contributed by atoms with Gasteiger partial charge in [-0.25, -0.2) is 4.99 Å². The average molecular weight is 289 g/mol. The molecule has 1 aliphatic heterocycles. The van der Waals surface area contributed by atoms with E-state index in [-0.39, 0.29) is 0 Å². The molecular formula is C19H19N3. The number of rotatable bonds is 3. The largest absolute Gasteiger partial charge is 0.361 e. The molecule has 0 radical (unpaired) electrons. The van der Waals surface area contributed by atoms with Crippen LogP contribution < -0.4 is 0 Å². The van der Waals surface area contributed by atoms with E-state index in [1.54, 1.807) is 0 Å². The zero-order chi connectivity index (χ0) is 14.8. The molecule has 2 heterocycles. The van der Waals surface area contributed by atoms with Crippen molar-refractivity contribution < 1.29 is 0 Å². The standard InChI is InChI=1S/C19H19N3/c1-2-7-16(8-3-1)21-19-11-6-12-22(19)14-15-13-20-18-10-5-4-9-17(15)18/h1-5,7-10,13,20H,6,11-12,14H2/b21-19-. The Bertz CT molecular complexity index is 802. The highest BCUT2D eigenvalue weighted by atomic mass is 15.2. The second kappa shape index (κ2) is 5.68. The van der Waals surface area contributed by atoms with Gasteiger partial charge in [-0.05, 0) is 30.2 Å². The van der Waals surface area contributed by atoms with E-state index in [4.69, 9.17) is 4.99 Å². The molecule has 22 heavy (non-hydrogen) atoms. The number of para-hydroxylation sites is 2. The molecule has 1 aliphatic rings. The van der Waals surface area contributed by atoms with Gasteiger partial charge in [-0.2, -0.15) is 0 Å². The molecule has 0 spiro atoms. The summed E-state index contributed by atoms with van der Waals surface area (Å²) in [6.07, 6.45) is 4.38. The SMILES string of the molecule is c1ccc(/N=C2/CCCN2Cc2c[nH]c3ccccc23)cc1. The number of nitrogens with one attached hydrogen (secondary N) is 1. The molecule has 3 aromatic rings. The summed E-state index contributed by atoms with van der Waals surface area (Å²) in [5.41, 5.74) is 3.60. The third-order valence-electron chi connectivity index (χ3n) is 4.24. The van der Waals surface area contributed by atoms with Crippen molar-refractivity contribution in [2.45, 2.75) is 19.4 Å². The molecule has 0 aliphatic carbocycles. The van der Waals surface area contributed by atoms with E-state index >= 15 is 0 Å². The Balaban J connectivity index is 1.61. The molecule has 1 aromatic heterocycles. The van der Waals surface area contributed by atoms with E-state index < -0.39 is 0 Å².